The molecule has 5 heterocycles. The summed E-state index contributed by atoms with van der Waals surface area (Å²) in [6.07, 6.45) is -3.68. The largest absolute Gasteiger partial charge is 0.416 e. The molecular formula is C21H22F5N5O. The maximum absolute atomic E-state index is 13.8. The number of likely N-dealkylation sites (tertiary alicyclic amines) is 1. The van der Waals surface area contributed by atoms with Crippen LogP contribution < -0.4 is 10.2 Å². The molecule has 1 N–H and O–H groups in total. The molecule has 0 amide bonds. The van der Waals surface area contributed by atoms with E-state index in [1.165, 1.54) is 4.90 Å². The van der Waals surface area contributed by atoms with Crippen molar-refractivity contribution >= 4 is 17.5 Å². The Bertz CT molecular complexity index is 991. The first kappa shape index (κ1) is 21.3. The van der Waals surface area contributed by atoms with Gasteiger partial charge in [0.2, 0.25) is 0 Å². The molecule has 0 bridgehead atoms. The van der Waals surface area contributed by atoms with Crippen molar-refractivity contribution in [3.05, 3.63) is 41.6 Å². The number of aromatic nitrogens is 2. The van der Waals surface area contributed by atoms with Crippen molar-refractivity contribution in [1.29, 1.82) is 0 Å². The normalized spacial score (nSPS) is 22.0. The van der Waals surface area contributed by atoms with Crippen LogP contribution in [0.3, 0.4) is 0 Å². The summed E-state index contributed by atoms with van der Waals surface area (Å²) in [5.41, 5.74) is 0.0825. The van der Waals surface area contributed by atoms with Crippen LogP contribution in [0.15, 0.2) is 30.5 Å². The van der Waals surface area contributed by atoms with E-state index in [0.29, 0.717) is 25.1 Å². The van der Waals surface area contributed by atoms with Crippen LogP contribution in [0.1, 0.15) is 23.5 Å². The van der Waals surface area contributed by atoms with Crippen LogP contribution in [0.25, 0.3) is 0 Å². The van der Waals surface area contributed by atoms with Crippen LogP contribution in [-0.4, -0.2) is 66.2 Å². The molecule has 3 fully saturated rings. The van der Waals surface area contributed by atoms with Crippen molar-refractivity contribution in [3.63, 3.8) is 0 Å². The van der Waals surface area contributed by atoms with Gasteiger partial charge in [-0.2, -0.15) is 13.2 Å². The molecule has 0 radical (unpaired) electrons. The summed E-state index contributed by atoms with van der Waals surface area (Å²) in [5.74, 6) is -1.94. The highest BCUT2D eigenvalue weighted by Gasteiger charge is 2.40. The second-order valence-corrected chi connectivity index (χ2v) is 8.57. The molecule has 11 heteroatoms. The van der Waals surface area contributed by atoms with Gasteiger partial charge in [-0.3, -0.25) is 4.90 Å². The third-order valence-corrected chi connectivity index (χ3v) is 6.19. The number of alkyl halides is 5. The lowest BCUT2D eigenvalue weighted by molar-refractivity contribution is -0.137. The summed E-state index contributed by atoms with van der Waals surface area (Å²) >= 11 is 0. The number of nitrogens with zero attached hydrogens (tertiary/aromatic N) is 4. The van der Waals surface area contributed by atoms with Crippen molar-refractivity contribution in [1.82, 2.24) is 14.9 Å². The number of anilines is 3. The van der Waals surface area contributed by atoms with Gasteiger partial charge in [0.25, 0.3) is 5.92 Å². The van der Waals surface area contributed by atoms with Gasteiger partial charge in [0.1, 0.15) is 17.5 Å². The summed E-state index contributed by atoms with van der Waals surface area (Å²) in [7, 11) is 0. The van der Waals surface area contributed by atoms with Gasteiger partial charge >= 0.3 is 6.18 Å². The minimum absolute atomic E-state index is 0.0102. The molecule has 32 heavy (non-hydrogen) atoms. The quantitative estimate of drug-likeness (QED) is 0.691. The van der Waals surface area contributed by atoms with E-state index in [1.54, 1.807) is 6.07 Å². The van der Waals surface area contributed by atoms with E-state index in [1.807, 2.05) is 6.07 Å². The van der Waals surface area contributed by atoms with E-state index in [4.69, 9.17) is 4.74 Å². The zero-order chi connectivity index (χ0) is 22.5. The molecule has 5 rings (SSSR count). The smallest absolute Gasteiger partial charge is 0.378 e. The molecule has 3 aliphatic heterocycles. The highest BCUT2D eigenvalue weighted by Crippen LogP contribution is 2.36. The SMILES string of the molecule is FC1(F)CCN(c2cc(C3CN(C4COC4)C3)cc(Nc3cc(C(F)(F)F)ccn3)n2)C1. The standard InChI is InChI=1S/C21H22F5N5O/c22-20(23)2-4-30(12-20)19-6-13(14-8-31(9-14)16-10-32-11-16)5-18(29-19)28-17-7-15(1-3-27-17)21(24,25)26/h1,3,5-7,14,16H,2,4,8-12H2,(H,27,28,29). The van der Waals surface area contributed by atoms with Crippen LogP contribution in [0, 0.1) is 0 Å². The van der Waals surface area contributed by atoms with Crippen molar-refractivity contribution in [2.24, 2.45) is 0 Å². The fraction of sp³-hybridized carbons (Fsp3) is 0.524. The second kappa shape index (κ2) is 7.80. The first-order valence-corrected chi connectivity index (χ1v) is 10.4. The summed E-state index contributed by atoms with van der Waals surface area (Å²) in [6.45, 7) is 2.79. The molecule has 0 spiro atoms. The lowest BCUT2D eigenvalue weighted by Crippen LogP contribution is -2.58. The molecule has 0 unspecified atom stereocenters. The Morgan fingerprint density at radius 2 is 1.88 bits per heavy atom. The third kappa shape index (κ3) is 4.36. The molecule has 0 aromatic carbocycles. The zero-order valence-corrected chi connectivity index (χ0v) is 17.1. The highest BCUT2D eigenvalue weighted by atomic mass is 19.4. The fourth-order valence-corrected chi connectivity index (χ4v) is 4.19. The molecule has 6 nitrogen and oxygen atoms in total. The number of pyridine rings is 2. The van der Waals surface area contributed by atoms with Crippen LogP contribution in [0.2, 0.25) is 0 Å². The molecule has 2 aromatic rings. The number of halogens is 5. The Hall–Kier alpha value is -2.53. The van der Waals surface area contributed by atoms with Crippen LogP contribution in [-0.2, 0) is 10.9 Å². The van der Waals surface area contributed by atoms with Gasteiger partial charge in [-0.25, -0.2) is 18.7 Å². The number of ether oxygens (including phenoxy) is 1. The maximum Gasteiger partial charge on any atom is 0.416 e. The predicted molar refractivity (Wildman–Crippen MR) is 107 cm³/mol. The van der Waals surface area contributed by atoms with E-state index in [2.05, 4.69) is 20.2 Å². The van der Waals surface area contributed by atoms with E-state index >= 15 is 0 Å². The van der Waals surface area contributed by atoms with Crippen molar-refractivity contribution < 1.29 is 26.7 Å². The molecule has 0 atom stereocenters. The van der Waals surface area contributed by atoms with Crippen molar-refractivity contribution in [3.8, 4) is 0 Å². The highest BCUT2D eigenvalue weighted by molar-refractivity contribution is 5.59. The van der Waals surface area contributed by atoms with Crippen LogP contribution in [0.5, 0.6) is 0 Å². The van der Waals surface area contributed by atoms with Gasteiger partial charge in [-0.15, -0.1) is 0 Å². The number of hydrogen-bond donors (Lipinski definition) is 1. The zero-order valence-electron chi connectivity index (χ0n) is 17.1. The van der Waals surface area contributed by atoms with Gasteiger partial charge in [0.15, 0.2) is 0 Å². The number of hydrogen-bond acceptors (Lipinski definition) is 6. The molecule has 3 saturated heterocycles. The van der Waals surface area contributed by atoms with Crippen LogP contribution >= 0.6 is 0 Å². The van der Waals surface area contributed by atoms with Gasteiger partial charge in [0, 0.05) is 38.2 Å². The van der Waals surface area contributed by atoms with Gasteiger partial charge in [0.05, 0.1) is 31.4 Å². The van der Waals surface area contributed by atoms with Crippen molar-refractivity contribution in [2.75, 3.05) is 49.6 Å². The summed E-state index contributed by atoms with van der Waals surface area (Å²) < 4.78 is 71.9. The second-order valence-electron chi connectivity index (χ2n) is 8.57. The molecule has 172 valence electrons. The third-order valence-electron chi connectivity index (χ3n) is 6.19. The average Bonchev–Trinajstić information content (AvgIpc) is 3.02. The molecular weight excluding hydrogens is 433 g/mol. The Balaban J connectivity index is 1.40. The fourth-order valence-electron chi connectivity index (χ4n) is 4.19. The Kier molecular flexibility index (Phi) is 5.20. The lowest BCUT2D eigenvalue weighted by atomic mass is 9.90. The van der Waals surface area contributed by atoms with E-state index in [-0.39, 0.29) is 30.5 Å². The first-order valence-electron chi connectivity index (χ1n) is 10.4. The summed E-state index contributed by atoms with van der Waals surface area (Å²) in [5, 5.41) is 2.83. The molecule has 3 aliphatic rings. The topological polar surface area (TPSA) is 53.5 Å². The minimum atomic E-state index is -4.50. The Morgan fingerprint density at radius 3 is 2.50 bits per heavy atom. The molecule has 0 saturated carbocycles. The Morgan fingerprint density at radius 1 is 1.09 bits per heavy atom. The van der Waals surface area contributed by atoms with Gasteiger partial charge < -0.3 is 15.0 Å². The van der Waals surface area contributed by atoms with E-state index in [0.717, 1.165) is 37.0 Å². The number of rotatable bonds is 5. The first-order chi connectivity index (χ1) is 15.2. The summed E-state index contributed by atoms with van der Waals surface area (Å²) in [6, 6.07) is 5.78. The van der Waals surface area contributed by atoms with Crippen molar-refractivity contribution in [2.45, 2.75) is 30.5 Å². The lowest BCUT2D eigenvalue weighted by Gasteiger charge is -2.47. The molecule has 0 aliphatic carbocycles. The molecule has 2 aromatic heterocycles. The monoisotopic (exact) mass is 455 g/mol. The number of nitrogens with one attached hydrogen (secondary N) is 1. The van der Waals surface area contributed by atoms with E-state index in [9.17, 15) is 22.0 Å². The van der Waals surface area contributed by atoms with Gasteiger partial charge in [-0.05, 0) is 29.8 Å². The van der Waals surface area contributed by atoms with Gasteiger partial charge in [-0.1, -0.05) is 0 Å². The van der Waals surface area contributed by atoms with Crippen LogP contribution in [0.4, 0.5) is 39.4 Å². The average molecular weight is 455 g/mol. The summed E-state index contributed by atoms with van der Waals surface area (Å²) in [4.78, 5) is 12.2. The maximum atomic E-state index is 13.8. The Labute approximate surface area is 181 Å². The predicted octanol–water partition coefficient (Wildman–Crippen LogP) is 3.88. The minimum Gasteiger partial charge on any atom is -0.378 e. The van der Waals surface area contributed by atoms with E-state index < -0.39 is 24.2 Å².